The van der Waals surface area contributed by atoms with E-state index in [4.69, 9.17) is 4.74 Å². The van der Waals surface area contributed by atoms with E-state index in [1.54, 1.807) is 42.3 Å². The number of amides is 2. The predicted molar refractivity (Wildman–Crippen MR) is 96.4 cm³/mol. The van der Waals surface area contributed by atoms with E-state index in [9.17, 15) is 14.0 Å². The first-order chi connectivity index (χ1) is 12.5. The molecule has 0 radical (unpaired) electrons. The van der Waals surface area contributed by atoms with Crippen LogP contribution in [0.2, 0.25) is 0 Å². The maximum Gasteiger partial charge on any atom is 0.227 e. The van der Waals surface area contributed by atoms with Crippen molar-refractivity contribution in [3.05, 3.63) is 59.4 Å². The lowest BCUT2D eigenvalue weighted by Gasteiger charge is -2.17. The first-order valence-electron chi connectivity index (χ1n) is 8.48. The van der Waals surface area contributed by atoms with Crippen LogP contribution in [0.25, 0.3) is 0 Å². The van der Waals surface area contributed by atoms with Gasteiger partial charge in [-0.3, -0.25) is 9.59 Å². The third-order valence-electron chi connectivity index (χ3n) is 4.60. The minimum atomic E-state index is -0.320. The average Bonchev–Trinajstić information content (AvgIpc) is 3.04. The summed E-state index contributed by atoms with van der Waals surface area (Å²) < 4.78 is 19.0. The Labute approximate surface area is 151 Å². The van der Waals surface area contributed by atoms with E-state index >= 15 is 0 Å². The Morgan fingerprint density at radius 3 is 2.69 bits per heavy atom. The quantitative estimate of drug-likeness (QED) is 0.896. The highest BCUT2D eigenvalue weighted by atomic mass is 19.1. The normalized spacial score (nSPS) is 16.7. The molecule has 1 saturated heterocycles. The highest BCUT2D eigenvalue weighted by molar-refractivity contribution is 6.00. The number of ether oxygens (including phenoxy) is 1. The minimum absolute atomic E-state index is 0.0670. The molecule has 26 heavy (non-hydrogen) atoms. The molecule has 0 spiro atoms. The molecule has 5 nitrogen and oxygen atoms in total. The number of halogens is 1. The molecule has 0 aliphatic carbocycles. The van der Waals surface area contributed by atoms with E-state index in [-0.39, 0.29) is 36.6 Å². The Balaban J connectivity index is 1.64. The summed E-state index contributed by atoms with van der Waals surface area (Å²) in [4.78, 5) is 25.5. The van der Waals surface area contributed by atoms with Crippen molar-refractivity contribution in [1.82, 2.24) is 5.32 Å². The zero-order chi connectivity index (χ0) is 18.7. The number of hydrogen-bond acceptors (Lipinski definition) is 3. The summed E-state index contributed by atoms with van der Waals surface area (Å²) in [5.41, 5.74) is 2.49. The Hall–Kier alpha value is -2.89. The van der Waals surface area contributed by atoms with Gasteiger partial charge in [0.2, 0.25) is 11.8 Å². The molecule has 3 rings (SSSR count). The Morgan fingerprint density at radius 2 is 2.00 bits per heavy atom. The van der Waals surface area contributed by atoms with Gasteiger partial charge < -0.3 is 15.0 Å². The van der Waals surface area contributed by atoms with Crippen molar-refractivity contribution in [3.8, 4) is 5.75 Å². The molecule has 2 aromatic rings. The van der Waals surface area contributed by atoms with Crippen molar-refractivity contribution in [2.75, 3.05) is 18.5 Å². The average molecular weight is 356 g/mol. The second-order valence-corrected chi connectivity index (χ2v) is 6.37. The van der Waals surface area contributed by atoms with E-state index in [2.05, 4.69) is 5.32 Å². The van der Waals surface area contributed by atoms with Crippen molar-refractivity contribution in [2.24, 2.45) is 5.92 Å². The van der Waals surface area contributed by atoms with Gasteiger partial charge in [-0.05, 0) is 54.4 Å². The van der Waals surface area contributed by atoms with Gasteiger partial charge in [-0.15, -0.1) is 0 Å². The number of anilines is 1. The van der Waals surface area contributed by atoms with Crippen molar-refractivity contribution in [3.63, 3.8) is 0 Å². The largest absolute Gasteiger partial charge is 0.489 e. The fourth-order valence-electron chi connectivity index (χ4n) is 3.02. The highest BCUT2D eigenvalue weighted by Crippen LogP contribution is 2.27. The van der Waals surface area contributed by atoms with Gasteiger partial charge in [-0.25, -0.2) is 4.39 Å². The Bertz CT molecular complexity index is 820. The van der Waals surface area contributed by atoms with Crippen LogP contribution < -0.4 is 15.0 Å². The first kappa shape index (κ1) is 17.9. The predicted octanol–water partition coefficient (Wildman–Crippen LogP) is 2.81. The van der Waals surface area contributed by atoms with Crippen LogP contribution in [0.5, 0.6) is 5.75 Å². The highest BCUT2D eigenvalue weighted by Gasteiger charge is 2.34. The fraction of sp³-hybridized carbons (Fsp3) is 0.300. The van der Waals surface area contributed by atoms with Gasteiger partial charge in [0.15, 0.2) is 0 Å². The van der Waals surface area contributed by atoms with Gasteiger partial charge in [0.1, 0.15) is 18.2 Å². The van der Waals surface area contributed by atoms with Gasteiger partial charge in [0, 0.05) is 25.7 Å². The maximum atomic E-state index is 13.3. The summed E-state index contributed by atoms with van der Waals surface area (Å²) in [5.74, 6) is -0.164. The topological polar surface area (TPSA) is 58.6 Å². The van der Waals surface area contributed by atoms with Crippen LogP contribution in [-0.4, -0.2) is 25.4 Å². The van der Waals surface area contributed by atoms with E-state index in [1.165, 1.54) is 12.1 Å². The molecule has 6 heteroatoms. The van der Waals surface area contributed by atoms with Gasteiger partial charge in [0.05, 0.1) is 5.92 Å². The van der Waals surface area contributed by atoms with Crippen LogP contribution in [-0.2, 0) is 16.2 Å². The molecule has 0 saturated carbocycles. The monoisotopic (exact) mass is 356 g/mol. The molecule has 1 fully saturated rings. The minimum Gasteiger partial charge on any atom is -0.489 e. The van der Waals surface area contributed by atoms with Crippen LogP contribution in [0.3, 0.4) is 0 Å². The number of carbonyl (C=O) groups excluding carboxylic acids is 2. The Morgan fingerprint density at radius 1 is 1.27 bits per heavy atom. The lowest BCUT2D eigenvalue weighted by Crippen LogP contribution is -2.30. The van der Waals surface area contributed by atoms with Crippen LogP contribution in [0, 0.1) is 18.7 Å². The van der Waals surface area contributed by atoms with Gasteiger partial charge in [0.25, 0.3) is 0 Å². The van der Waals surface area contributed by atoms with Crippen molar-refractivity contribution in [2.45, 2.75) is 20.0 Å². The summed E-state index contributed by atoms with van der Waals surface area (Å²) in [6.07, 6.45) is 0.219. The Kier molecular flexibility index (Phi) is 5.21. The van der Waals surface area contributed by atoms with Gasteiger partial charge in [-0.1, -0.05) is 6.07 Å². The van der Waals surface area contributed by atoms with Crippen LogP contribution in [0.1, 0.15) is 17.5 Å². The summed E-state index contributed by atoms with van der Waals surface area (Å²) in [5, 5.41) is 2.58. The molecule has 1 aliphatic rings. The van der Waals surface area contributed by atoms with E-state index in [0.717, 1.165) is 16.8 Å². The van der Waals surface area contributed by atoms with E-state index in [0.29, 0.717) is 12.3 Å². The summed E-state index contributed by atoms with van der Waals surface area (Å²) >= 11 is 0. The van der Waals surface area contributed by atoms with E-state index < -0.39 is 0 Å². The van der Waals surface area contributed by atoms with Crippen LogP contribution in [0.15, 0.2) is 42.5 Å². The number of hydrogen-bond donors (Lipinski definition) is 1. The molecular weight excluding hydrogens is 335 g/mol. The van der Waals surface area contributed by atoms with Crippen LogP contribution >= 0.6 is 0 Å². The molecule has 0 unspecified atom stereocenters. The van der Waals surface area contributed by atoms with Crippen molar-refractivity contribution in [1.29, 1.82) is 0 Å². The molecular formula is C20H21FN2O3. The fourth-order valence-corrected chi connectivity index (χ4v) is 3.02. The smallest absolute Gasteiger partial charge is 0.227 e. The second-order valence-electron chi connectivity index (χ2n) is 6.37. The molecule has 2 amide bonds. The molecule has 0 aromatic heterocycles. The number of carbonyl (C=O) groups is 2. The number of nitrogens with one attached hydrogen (secondary N) is 1. The number of nitrogens with zero attached hydrogens (tertiary/aromatic N) is 1. The lowest BCUT2D eigenvalue weighted by molar-refractivity contribution is -0.125. The third-order valence-corrected chi connectivity index (χ3v) is 4.60. The maximum absolute atomic E-state index is 13.3. The van der Waals surface area contributed by atoms with Crippen molar-refractivity contribution >= 4 is 17.5 Å². The molecule has 0 bridgehead atoms. The standard InChI is InChI=1S/C20H21FN2O3/c1-13-3-4-16(21)9-15(13)12-26-18-7-5-17(6-8-18)23-11-14(10-19(23)24)20(25)22-2/h3-9,14H,10-12H2,1-2H3,(H,22,25)/t14-/m0/s1. The number of rotatable bonds is 5. The molecule has 1 atom stereocenters. The molecule has 1 N–H and O–H groups in total. The van der Waals surface area contributed by atoms with E-state index in [1.807, 2.05) is 6.92 Å². The molecule has 2 aromatic carbocycles. The lowest BCUT2D eigenvalue weighted by atomic mass is 10.1. The second kappa shape index (κ2) is 7.56. The SMILES string of the molecule is CNC(=O)[C@H]1CC(=O)N(c2ccc(OCc3cc(F)ccc3C)cc2)C1. The summed E-state index contributed by atoms with van der Waals surface area (Å²) in [6, 6.07) is 11.7. The van der Waals surface area contributed by atoms with Gasteiger partial charge >= 0.3 is 0 Å². The zero-order valence-corrected chi connectivity index (χ0v) is 14.8. The summed E-state index contributed by atoms with van der Waals surface area (Å²) in [6.45, 7) is 2.55. The summed E-state index contributed by atoms with van der Waals surface area (Å²) in [7, 11) is 1.57. The molecule has 1 aliphatic heterocycles. The van der Waals surface area contributed by atoms with Crippen LogP contribution in [0.4, 0.5) is 10.1 Å². The van der Waals surface area contributed by atoms with Crippen molar-refractivity contribution < 1.29 is 18.7 Å². The number of benzene rings is 2. The van der Waals surface area contributed by atoms with Gasteiger partial charge in [-0.2, -0.15) is 0 Å². The molecule has 1 heterocycles. The third kappa shape index (κ3) is 3.85. The molecule has 136 valence electrons. The number of aryl methyl sites for hydroxylation is 1. The zero-order valence-electron chi connectivity index (χ0n) is 14.8. The first-order valence-corrected chi connectivity index (χ1v) is 8.48.